The Morgan fingerprint density at radius 2 is 2.40 bits per heavy atom. The fourth-order valence-electron chi connectivity index (χ4n) is 0.860. The van der Waals surface area contributed by atoms with Crippen LogP contribution >= 0.6 is 0 Å². The van der Waals surface area contributed by atoms with E-state index in [0.717, 1.165) is 0 Å². The Kier molecular flexibility index (Phi) is 2.24. The lowest BCUT2D eigenvalue weighted by atomic mass is 10.1. The monoisotopic (exact) mass is 143 g/mol. The minimum atomic E-state index is -0.528. The molecule has 4 N–H and O–H groups in total. The standard InChI is InChI=1S/C6H11N2O2/c7-4-1-2-5(6(8)9)10-3-4/h2,4-5H,1,3,7H2,(H2,8,9). The van der Waals surface area contributed by atoms with Crippen LogP contribution < -0.4 is 11.5 Å². The number of hydrogen-bond acceptors (Lipinski definition) is 3. The minimum Gasteiger partial charge on any atom is -0.367 e. The molecule has 4 heteroatoms. The van der Waals surface area contributed by atoms with Crippen LogP contribution in [-0.4, -0.2) is 24.7 Å². The highest BCUT2D eigenvalue weighted by atomic mass is 16.5. The molecule has 4 nitrogen and oxygen atoms in total. The molecule has 0 aromatic heterocycles. The molecule has 10 heavy (non-hydrogen) atoms. The topological polar surface area (TPSA) is 78.3 Å². The van der Waals surface area contributed by atoms with Gasteiger partial charge in [0.1, 0.15) is 6.10 Å². The number of rotatable bonds is 1. The minimum absolute atomic E-state index is 0.0237. The molecule has 0 saturated carbocycles. The van der Waals surface area contributed by atoms with E-state index < -0.39 is 12.0 Å². The van der Waals surface area contributed by atoms with Crippen LogP contribution in [0.2, 0.25) is 0 Å². The van der Waals surface area contributed by atoms with Crippen LogP contribution in [0.5, 0.6) is 0 Å². The highest BCUT2D eigenvalue weighted by Gasteiger charge is 2.23. The van der Waals surface area contributed by atoms with E-state index in [4.69, 9.17) is 16.2 Å². The van der Waals surface area contributed by atoms with Gasteiger partial charge >= 0.3 is 0 Å². The third kappa shape index (κ3) is 1.68. The van der Waals surface area contributed by atoms with Gasteiger partial charge < -0.3 is 16.2 Å². The molecule has 1 fully saturated rings. The first-order valence-electron chi connectivity index (χ1n) is 3.20. The number of carbonyl (C=O) groups excluding carboxylic acids is 1. The largest absolute Gasteiger partial charge is 0.367 e. The van der Waals surface area contributed by atoms with Crippen molar-refractivity contribution in [2.75, 3.05) is 6.61 Å². The Bertz CT molecular complexity index is 130. The second kappa shape index (κ2) is 2.98. The van der Waals surface area contributed by atoms with Gasteiger partial charge in [-0.1, -0.05) is 0 Å². The molecule has 0 bridgehead atoms. The van der Waals surface area contributed by atoms with Crippen molar-refractivity contribution in [2.24, 2.45) is 11.5 Å². The van der Waals surface area contributed by atoms with Crippen molar-refractivity contribution in [1.29, 1.82) is 0 Å². The lowest BCUT2D eigenvalue weighted by Crippen LogP contribution is -2.42. The van der Waals surface area contributed by atoms with Gasteiger partial charge in [0.2, 0.25) is 5.91 Å². The Labute approximate surface area is 59.5 Å². The zero-order chi connectivity index (χ0) is 7.56. The van der Waals surface area contributed by atoms with Crippen LogP contribution in [-0.2, 0) is 9.53 Å². The number of carbonyl (C=O) groups is 1. The van der Waals surface area contributed by atoms with E-state index in [0.29, 0.717) is 13.0 Å². The van der Waals surface area contributed by atoms with Gasteiger partial charge in [0.25, 0.3) is 0 Å². The van der Waals surface area contributed by atoms with Gasteiger partial charge in [-0.15, -0.1) is 0 Å². The van der Waals surface area contributed by atoms with Crippen molar-refractivity contribution < 1.29 is 9.53 Å². The molecule has 2 unspecified atom stereocenters. The first kappa shape index (κ1) is 7.50. The van der Waals surface area contributed by atoms with Crippen molar-refractivity contribution in [2.45, 2.75) is 18.6 Å². The summed E-state index contributed by atoms with van der Waals surface area (Å²) < 4.78 is 5.00. The molecule has 1 saturated heterocycles. The Morgan fingerprint density at radius 3 is 2.80 bits per heavy atom. The molecule has 0 aromatic carbocycles. The summed E-state index contributed by atoms with van der Waals surface area (Å²) in [5.74, 6) is -0.438. The van der Waals surface area contributed by atoms with Crippen molar-refractivity contribution in [3.8, 4) is 0 Å². The SMILES string of the molecule is NC(=O)C1[CH]CC(N)CO1. The zero-order valence-corrected chi connectivity index (χ0v) is 5.62. The second-order valence-corrected chi connectivity index (χ2v) is 2.39. The van der Waals surface area contributed by atoms with E-state index in [-0.39, 0.29) is 6.04 Å². The first-order valence-corrected chi connectivity index (χ1v) is 3.20. The molecule has 1 aliphatic rings. The molecule has 2 atom stereocenters. The van der Waals surface area contributed by atoms with E-state index in [1.54, 1.807) is 6.42 Å². The molecule has 0 aromatic rings. The third-order valence-corrected chi connectivity index (χ3v) is 1.42. The summed E-state index contributed by atoms with van der Waals surface area (Å²) in [5.41, 5.74) is 10.5. The lowest BCUT2D eigenvalue weighted by Gasteiger charge is -2.23. The van der Waals surface area contributed by atoms with Gasteiger partial charge in [0.15, 0.2) is 0 Å². The Morgan fingerprint density at radius 1 is 1.70 bits per heavy atom. The van der Waals surface area contributed by atoms with Crippen LogP contribution in [0.15, 0.2) is 0 Å². The maximum atomic E-state index is 10.5. The van der Waals surface area contributed by atoms with E-state index in [2.05, 4.69) is 0 Å². The van der Waals surface area contributed by atoms with E-state index >= 15 is 0 Å². The lowest BCUT2D eigenvalue weighted by molar-refractivity contribution is -0.129. The number of amides is 1. The van der Waals surface area contributed by atoms with E-state index in [9.17, 15) is 4.79 Å². The normalized spacial score (nSPS) is 33.7. The molecular formula is C6H11N2O2. The average molecular weight is 143 g/mol. The fraction of sp³-hybridized carbons (Fsp3) is 0.667. The number of primary amides is 1. The molecule has 1 amide bonds. The third-order valence-electron chi connectivity index (χ3n) is 1.42. The van der Waals surface area contributed by atoms with Gasteiger partial charge in [-0.05, 0) is 6.42 Å². The van der Waals surface area contributed by atoms with Crippen LogP contribution in [0.4, 0.5) is 0 Å². The van der Waals surface area contributed by atoms with Crippen LogP contribution in [0.3, 0.4) is 0 Å². The van der Waals surface area contributed by atoms with Gasteiger partial charge in [-0.25, -0.2) is 0 Å². The smallest absolute Gasteiger partial charge is 0.246 e. The summed E-state index contributed by atoms with van der Waals surface area (Å²) in [7, 11) is 0. The fourth-order valence-corrected chi connectivity index (χ4v) is 0.860. The van der Waals surface area contributed by atoms with Crippen LogP contribution in [0, 0.1) is 6.42 Å². The van der Waals surface area contributed by atoms with Gasteiger partial charge in [0.05, 0.1) is 6.61 Å². The zero-order valence-electron chi connectivity index (χ0n) is 5.62. The molecule has 0 aliphatic carbocycles. The van der Waals surface area contributed by atoms with Crippen molar-refractivity contribution in [3.63, 3.8) is 0 Å². The summed E-state index contributed by atoms with van der Waals surface area (Å²) in [5, 5.41) is 0. The number of nitrogens with two attached hydrogens (primary N) is 2. The maximum absolute atomic E-state index is 10.5. The summed E-state index contributed by atoms with van der Waals surface area (Å²) >= 11 is 0. The number of hydrogen-bond donors (Lipinski definition) is 2. The van der Waals surface area contributed by atoms with Crippen LogP contribution in [0.25, 0.3) is 0 Å². The van der Waals surface area contributed by atoms with Crippen molar-refractivity contribution in [1.82, 2.24) is 0 Å². The van der Waals surface area contributed by atoms with Crippen molar-refractivity contribution >= 4 is 5.91 Å². The summed E-state index contributed by atoms with van der Waals surface area (Å²) in [6, 6.07) is 0.0237. The predicted octanol–water partition coefficient (Wildman–Crippen LogP) is -1.21. The quantitative estimate of drug-likeness (QED) is 0.483. The number of ether oxygens (including phenoxy) is 1. The summed E-state index contributed by atoms with van der Waals surface area (Å²) in [4.78, 5) is 10.5. The molecule has 1 radical (unpaired) electrons. The van der Waals surface area contributed by atoms with Gasteiger partial charge in [-0.2, -0.15) is 0 Å². The molecule has 1 rings (SSSR count). The summed E-state index contributed by atoms with van der Waals surface area (Å²) in [6.07, 6.45) is 1.88. The average Bonchev–Trinajstić information content (AvgIpc) is 1.88. The van der Waals surface area contributed by atoms with Crippen LogP contribution in [0.1, 0.15) is 6.42 Å². The maximum Gasteiger partial charge on any atom is 0.246 e. The van der Waals surface area contributed by atoms with Crippen molar-refractivity contribution in [3.05, 3.63) is 6.42 Å². The Balaban J connectivity index is 2.33. The molecule has 1 aliphatic heterocycles. The van der Waals surface area contributed by atoms with E-state index in [1.807, 2.05) is 0 Å². The molecular weight excluding hydrogens is 132 g/mol. The molecule has 0 spiro atoms. The Hall–Kier alpha value is -0.610. The molecule has 57 valence electrons. The highest BCUT2D eigenvalue weighted by Crippen LogP contribution is 2.09. The van der Waals surface area contributed by atoms with Gasteiger partial charge in [-0.3, -0.25) is 4.79 Å². The first-order chi connectivity index (χ1) is 4.70. The van der Waals surface area contributed by atoms with E-state index in [1.165, 1.54) is 0 Å². The highest BCUT2D eigenvalue weighted by molar-refractivity contribution is 5.80. The second-order valence-electron chi connectivity index (χ2n) is 2.39. The summed E-state index contributed by atoms with van der Waals surface area (Å²) in [6.45, 7) is 0.421. The molecule has 1 heterocycles. The van der Waals surface area contributed by atoms with Gasteiger partial charge in [0, 0.05) is 12.5 Å². The predicted molar refractivity (Wildman–Crippen MR) is 35.8 cm³/mol.